The molecule has 1 aromatic rings. The summed E-state index contributed by atoms with van der Waals surface area (Å²) in [5, 5.41) is 3.48. The lowest BCUT2D eigenvalue weighted by molar-refractivity contribution is -0.143. The van der Waals surface area contributed by atoms with Gasteiger partial charge in [0.1, 0.15) is 0 Å². The average molecular weight is 185 g/mol. The van der Waals surface area contributed by atoms with E-state index >= 15 is 0 Å². The van der Waals surface area contributed by atoms with Crippen LogP contribution in [0.5, 0.6) is 0 Å². The molecule has 0 bridgehead atoms. The van der Waals surface area contributed by atoms with E-state index in [1.807, 2.05) is 0 Å². The Labute approximate surface area is 72.9 Å². The van der Waals surface area contributed by atoms with Crippen LogP contribution in [0.4, 0.5) is 0 Å². The molecule has 0 spiro atoms. The van der Waals surface area contributed by atoms with Gasteiger partial charge in [-0.3, -0.25) is 9.59 Å². The van der Waals surface area contributed by atoms with E-state index in [9.17, 15) is 9.59 Å². The molecule has 64 valence electrons. The Kier molecular flexibility index (Phi) is 2.82. The first kappa shape index (κ1) is 8.73. The van der Waals surface area contributed by atoms with Gasteiger partial charge in [-0.1, -0.05) is 0 Å². The van der Waals surface area contributed by atoms with E-state index in [0.29, 0.717) is 5.56 Å². The summed E-state index contributed by atoms with van der Waals surface area (Å²) >= 11 is 1.41. The molecular formula is C7H7NO3S. The predicted octanol–water partition coefficient (Wildman–Crippen LogP) is 0.447. The number of carbonyl (C=O) groups is 2. The molecule has 2 N–H and O–H groups in total. The minimum Gasteiger partial charge on any atom is -0.449 e. The van der Waals surface area contributed by atoms with Crippen LogP contribution in [0.25, 0.3) is 0 Å². The van der Waals surface area contributed by atoms with Crippen molar-refractivity contribution in [3.05, 3.63) is 22.4 Å². The fourth-order valence-electron chi connectivity index (χ4n) is 0.790. The van der Waals surface area contributed by atoms with Crippen LogP contribution < -0.4 is 5.73 Å². The van der Waals surface area contributed by atoms with Gasteiger partial charge in [0.05, 0.1) is 0 Å². The number of amides is 1. The topological polar surface area (TPSA) is 69.4 Å². The van der Waals surface area contributed by atoms with E-state index in [-0.39, 0.29) is 6.47 Å². The molecule has 0 aliphatic carbocycles. The molecule has 5 heteroatoms. The highest BCUT2D eigenvalue weighted by atomic mass is 32.1. The summed E-state index contributed by atoms with van der Waals surface area (Å²) < 4.78 is 4.50. The Morgan fingerprint density at radius 1 is 1.75 bits per heavy atom. The van der Waals surface area contributed by atoms with E-state index in [2.05, 4.69) is 4.74 Å². The largest absolute Gasteiger partial charge is 0.449 e. The van der Waals surface area contributed by atoms with Gasteiger partial charge < -0.3 is 10.5 Å². The second kappa shape index (κ2) is 3.87. The minimum atomic E-state index is -0.950. The lowest BCUT2D eigenvalue weighted by Crippen LogP contribution is -2.22. The van der Waals surface area contributed by atoms with Crippen LogP contribution in [0.2, 0.25) is 0 Å². The number of thiophene rings is 1. The van der Waals surface area contributed by atoms with Crippen molar-refractivity contribution in [2.24, 2.45) is 5.73 Å². The van der Waals surface area contributed by atoms with E-state index in [4.69, 9.17) is 5.73 Å². The zero-order chi connectivity index (χ0) is 8.97. The molecule has 0 saturated carbocycles. The summed E-state index contributed by atoms with van der Waals surface area (Å²) in [4.78, 5) is 20.7. The van der Waals surface area contributed by atoms with Gasteiger partial charge in [-0.2, -0.15) is 11.3 Å². The van der Waals surface area contributed by atoms with Gasteiger partial charge in [-0.25, -0.2) is 0 Å². The molecule has 12 heavy (non-hydrogen) atoms. The molecule has 1 amide bonds. The fourth-order valence-corrected chi connectivity index (χ4v) is 1.46. The molecular weight excluding hydrogens is 178 g/mol. The highest BCUT2D eigenvalue weighted by molar-refractivity contribution is 7.08. The lowest BCUT2D eigenvalue weighted by atomic mass is 10.2. The van der Waals surface area contributed by atoms with Crippen molar-refractivity contribution in [3.8, 4) is 0 Å². The first-order chi connectivity index (χ1) is 5.75. The van der Waals surface area contributed by atoms with Crippen molar-refractivity contribution in [1.82, 2.24) is 0 Å². The van der Waals surface area contributed by atoms with Crippen molar-refractivity contribution < 1.29 is 14.3 Å². The Balaban J connectivity index is 2.80. The number of ether oxygens (including phenoxy) is 1. The first-order valence-electron chi connectivity index (χ1n) is 3.16. The Hall–Kier alpha value is -1.36. The van der Waals surface area contributed by atoms with E-state index in [1.54, 1.807) is 16.8 Å². The van der Waals surface area contributed by atoms with Crippen LogP contribution in [0, 0.1) is 0 Å². The van der Waals surface area contributed by atoms with Gasteiger partial charge in [0.2, 0.25) is 6.10 Å². The highest BCUT2D eigenvalue weighted by Gasteiger charge is 2.18. The maximum absolute atomic E-state index is 10.7. The summed E-state index contributed by atoms with van der Waals surface area (Å²) in [5.74, 6) is -0.666. The third kappa shape index (κ3) is 1.82. The number of hydrogen-bond donors (Lipinski definition) is 1. The van der Waals surface area contributed by atoms with Crippen LogP contribution in [0.3, 0.4) is 0 Å². The van der Waals surface area contributed by atoms with Crippen LogP contribution in [-0.4, -0.2) is 12.4 Å². The molecule has 0 aromatic carbocycles. The zero-order valence-corrected chi connectivity index (χ0v) is 6.91. The third-order valence-corrected chi connectivity index (χ3v) is 2.00. The Bertz CT molecular complexity index is 270. The maximum atomic E-state index is 10.7. The molecule has 4 nitrogen and oxygen atoms in total. The monoisotopic (exact) mass is 185 g/mol. The summed E-state index contributed by atoms with van der Waals surface area (Å²) in [6.45, 7) is 0.215. The molecule has 1 aromatic heterocycles. The summed E-state index contributed by atoms with van der Waals surface area (Å²) in [5.41, 5.74) is 5.61. The molecule has 0 aliphatic rings. The molecule has 1 rings (SSSR count). The maximum Gasteiger partial charge on any atom is 0.294 e. The fraction of sp³-hybridized carbons (Fsp3) is 0.143. The smallest absolute Gasteiger partial charge is 0.294 e. The third-order valence-electron chi connectivity index (χ3n) is 1.30. The number of carbonyl (C=O) groups excluding carboxylic acids is 2. The molecule has 0 radical (unpaired) electrons. The van der Waals surface area contributed by atoms with Crippen molar-refractivity contribution >= 4 is 23.7 Å². The van der Waals surface area contributed by atoms with E-state index in [0.717, 1.165) is 0 Å². The first-order valence-corrected chi connectivity index (χ1v) is 4.10. The quantitative estimate of drug-likeness (QED) is 0.692. The molecule has 1 heterocycles. The lowest BCUT2D eigenvalue weighted by Gasteiger charge is -2.08. The van der Waals surface area contributed by atoms with Crippen LogP contribution in [0.15, 0.2) is 16.8 Å². The van der Waals surface area contributed by atoms with Gasteiger partial charge in [0.25, 0.3) is 12.4 Å². The van der Waals surface area contributed by atoms with Gasteiger partial charge in [0, 0.05) is 5.56 Å². The predicted molar refractivity (Wildman–Crippen MR) is 43.4 cm³/mol. The normalized spacial score (nSPS) is 12.0. The molecule has 1 atom stereocenters. The van der Waals surface area contributed by atoms with E-state index in [1.165, 1.54) is 11.3 Å². The number of nitrogens with two attached hydrogens (primary N) is 1. The summed E-state index contributed by atoms with van der Waals surface area (Å²) in [6, 6.07) is 1.68. The minimum absolute atomic E-state index is 0.215. The second-order valence-electron chi connectivity index (χ2n) is 2.07. The molecule has 1 unspecified atom stereocenters. The van der Waals surface area contributed by atoms with Gasteiger partial charge in [0.15, 0.2) is 0 Å². The molecule has 0 aliphatic heterocycles. The van der Waals surface area contributed by atoms with Gasteiger partial charge >= 0.3 is 0 Å². The van der Waals surface area contributed by atoms with Crippen LogP contribution in [-0.2, 0) is 14.3 Å². The number of hydrogen-bond acceptors (Lipinski definition) is 4. The number of rotatable bonds is 4. The molecule has 0 fully saturated rings. The van der Waals surface area contributed by atoms with Gasteiger partial charge in [-0.05, 0) is 16.8 Å². The van der Waals surface area contributed by atoms with Crippen molar-refractivity contribution in [1.29, 1.82) is 0 Å². The second-order valence-corrected chi connectivity index (χ2v) is 2.85. The summed E-state index contributed by atoms with van der Waals surface area (Å²) in [7, 11) is 0. The van der Waals surface area contributed by atoms with Crippen molar-refractivity contribution in [2.75, 3.05) is 0 Å². The Morgan fingerprint density at radius 2 is 2.50 bits per heavy atom. The molecule has 0 saturated heterocycles. The SMILES string of the molecule is NC(=O)C(OC=O)c1ccsc1. The Morgan fingerprint density at radius 3 is 2.92 bits per heavy atom. The average Bonchev–Trinajstić information content (AvgIpc) is 2.51. The number of primary amides is 1. The van der Waals surface area contributed by atoms with Crippen molar-refractivity contribution in [2.45, 2.75) is 6.10 Å². The standard InChI is InChI=1S/C7H7NO3S/c8-7(10)6(11-4-9)5-1-2-12-3-5/h1-4,6H,(H2,8,10). The van der Waals surface area contributed by atoms with Crippen molar-refractivity contribution in [3.63, 3.8) is 0 Å². The highest BCUT2D eigenvalue weighted by Crippen LogP contribution is 2.18. The van der Waals surface area contributed by atoms with Crippen LogP contribution in [0.1, 0.15) is 11.7 Å². The zero-order valence-electron chi connectivity index (χ0n) is 6.10. The summed E-state index contributed by atoms with van der Waals surface area (Å²) in [6.07, 6.45) is -0.950. The van der Waals surface area contributed by atoms with E-state index < -0.39 is 12.0 Å². The van der Waals surface area contributed by atoms with Gasteiger partial charge in [-0.15, -0.1) is 0 Å². The van der Waals surface area contributed by atoms with Crippen LogP contribution >= 0.6 is 11.3 Å².